The minimum Gasteiger partial charge on any atom is -0.400 e. The lowest BCUT2D eigenvalue weighted by Gasteiger charge is -2.32. The Balaban J connectivity index is 2.27. The lowest BCUT2D eigenvalue weighted by atomic mass is 9.77. The summed E-state index contributed by atoms with van der Waals surface area (Å²) in [4.78, 5) is 0. The highest BCUT2D eigenvalue weighted by molar-refractivity contribution is 6.55. The molecular formula is C17H23BN2O2. The van der Waals surface area contributed by atoms with Crippen molar-refractivity contribution < 1.29 is 9.31 Å². The van der Waals surface area contributed by atoms with Crippen molar-refractivity contribution in [2.24, 2.45) is 0 Å². The van der Waals surface area contributed by atoms with Crippen LogP contribution in [0, 0.1) is 11.3 Å². The van der Waals surface area contributed by atoms with Gasteiger partial charge in [-0.15, -0.1) is 0 Å². The van der Waals surface area contributed by atoms with Crippen molar-refractivity contribution >= 4 is 13.2 Å². The van der Waals surface area contributed by atoms with Gasteiger partial charge in [-0.1, -0.05) is 18.2 Å². The van der Waals surface area contributed by atoms with Gasteiger partial charge in [-0.3, -0.25) is 0 Å². The summed E-state index contributed by atoms with van der Waals surface area (Å²) >= 11 is 0. The largest absolute Gasteiger partial charge is 0.491 e. The molecule has 1 N–H and O–H groups in total. The molecule has 0 radical (unpaired) electrons. The fraction of sp³-hybridized carbons (Fsp3) is 0.471. The molecule has 1 saturated heterocycles. The average Bonchev–Trinajstić information content (AvgIpc) is 2.68. The summed E-state index contributed by atoms with van der Waals surface area (Å²) < 4.78 is 12.2. The predicted molar refractivity (Wildman–Crippen MR) is 89.1 cm³/mol. The van der Waals surface area contributed by atoms with Crippen LogP contribution in [0.5, 0.6) is 0 Å². The molecule has 0 aromatic heterocycles. The quantitative estimate of drug-likeness (QED) is 0.868. The van der Waals surface area contributed by atoms with Gasteiger partial charge in [0, 0.05) is 6.54 Å². The van der Waals surface area contributed by atoms with E-state index in [2.05, 4.69) is 17.5 Å². The first-order valence-corrected chi connectivity index (χ1v) is 7.50. The van der Waals surface area contributed by atoms with Crippen LogP contribution in [0.4, 0.5) is 0 Å². The molecule has 0 aliphatic carbocycles. The number of benzene rings is 1. The maximum absolute atomic E-state index is 8.87. The Morgan fingerprint density at radius 3 is 2.18 bits per heavy atom. The SMILES string of the molecule is CNCC(=Cc1ccc(C#N)cc1)B1OC(C)(C)C(C)(C)O1. The second kappa shape index (κ2) is 6.25. The van der Waals surface area contributed by atoms with Crippen molar-refractivity contribution in [1.29, 1.82) is 5.26 Å². The molecule has 2 rings (SSSR count). The third-order valence-corrected chi connectivity index (χ3v) is 4.33. The fourth-order valence-corrected chi connectivity index (χ4v) is 2.27. The third kappa shape index (κ3) is 3.41. The summed E-state index contributed by atoms with van der Waals surface area (Å²) in [6.45, 7) is 8.87. The second-order valence-corrected chi connectivity index (χ2v) is 6.57. The monoisotopic (exact) mass is 298 g/mol. The van der Waals surface area contributed by atoms with Crippen molar-refractivity contribution in [3.63, 3.8) is 0 Å². The summed E-state index contributed by atoms with van der Waals surface area (Å²) in [5, 5.41) is 12.0. The van der Waals surface area contributed by atoms with Gasteiger partial charge >= 0.3 is 7.12 Å². The lowest BCUT2D eigenvalue weighted by molar-refractivity contribution is 0.00578. The number of hydrogen-bond donors (Lipinski definition) is 1. The Labute approximate surface area is 133 Å². The Kier molecular flexibility index (Phi) is 4.76. The topological polar surface area (TPSA) is 54.3 Å². The third-order valence-electron chi connectivity index (χ3n) is 4.33. The smallest absolute Gasteiger partial charge is 0.400 e. The van der Waals surface area contributed by atoms with E-state index in [4.69, 9.17) is 14.6 Å². The van der Waals surface area contributed by atoms with Crippen LogP contribution < -0.4 is 5.32 Å². The minimum atomic E-state index is -0.368. The molecule has 1 fully saturated rings. The number of nitriles is 1. The maximum Gasteiger partial charge on any atom is 0.491 e. The normalized spacial score (nSPS) is 20.0. The van der Waals surface area contributed by atoms with Crippen molar-refractivity contribution in [2.45, 2.75) is 38.9 Å². The Hall–Kier alpha value is -1.61. The maximum atomic E-state index is 8.87. The molecule has 0 unspecified atom stereocenters. The molecule has 0 spiro atoms. The van der Waals surface area contributed by atoms with E-state index in [1.807, 2.05) is 59.0 Å². The molecule has 1 aromatic carbocycles. The van der Waals surface area contributed by atoms with Crippen molar-refractivity contribution in [3.8, 4) is 6.07 Å². The Morgan fingerprint density at radius 2 is 1.73 bits per heavy atom. The molecule has 1 aliphatic rings. The number of hydrogen-bond acceptors (Lipinski definition) is 4. The van der Waals surface area contributed by atoms with Crippen LogP contribution in [0.1, 0.15) is 38.8 Å². The van der Waals surface area contributed by atoms with Crippen LogP contribution in [-0.2, 0) is 9.31 Å². The second-order valence-electron chi connectivity index (χ2n) is 6.57. The summed E-state index contributed by atoms with van der Waals surface area (Å²) in [5.41, 5.74) is 2.01. The van der Waals surface area contributed by atoms with E-state index < -0.39 is 0 Å². The van der Waals surface area contributed by atoms with Gasteiger partial charge in [-0.25, -0.2) is 0 Å². The standard InChI is InChI=1S/C17H23BN2O2/c1-16(2)17(3,4)22-18(21-16)15(12-20-5)10-13-6-8-14(11-19)9-7-13/h6-10,20H,12H2,1-5H3. The fourth-order valence-electron chi connectivity index (χ4n) is 2.27. The van der Waals surface area contributed by atoms with Crippen LogP contribution in [0.3, 0.4) is 0 Å². The van der Waals surface area contributed by atoms with Gasteiger partial charge in [0.2, 0.25) is 0 Å². The van der Waals surface area contributed by atoms with Crippen LogP contribution in [0.2, 0.25) is 0 Å². The van der Waals surface area contributed by atoms with E-state index in [0.717, 1.165) is 11.0 Å². The molecule has 4 nitrogen and oxygen atoms in total. The highest BCUT2D eigenvalue weighted by Crippen LogP contribution is 2.38. The first-order chi connectivity index (χ1) is 10.3. The molecule has 1 aliphatic heterocycles. The van der Waals surface area contributed by atoms with Crippen LogP contribution in [-0.4, -0.2) is 31.9 Å². The highest BCUT2D eigenvalue weighted by atomic mass is 16.7. The zero-order valence-electron chi connectivity index (χ0n) is 13.9. The van der Waals surface area contributed by atoms with E-state index in [-0.39, 0.29) is 18.3 Å². The van der Waals surface area contributed by atoms with Crippen LogP contribution >= 0.6 is 0 Å². The number of nitrogens with one attached hydrogen (secondary N) is 1. The van der Waals surface area contributed by atoms with Gasteiger partial charge in [0.25, 0.3) is 0 Å². The van der Waals surface area contributed by atoms with Gasteiger partial charge in [-0.05, 0) is 57.9 Å². The zero-order chi connectivity index (χ0) is 16.4. The summed E-state index contributed by atoms with van der Waals surface area (Å²) in [7, 11) is 1.53. The zero-order valence-corrected chi connectivity index (χ0v) is 13.9. The minimum absolute atomic E-state index is 0.352. The predicted octanol–water partition coefficient (Wildman–Crippen LogP) is 2.79. The summed E-state index contributed by atoms with van der Waals surface area (Å²) in [6, 6.07) is 9.61. The molecule has 116 valence electrons. The summed E-state index contributed by atoms with van der Waals surface area (Å²) in [6.07, 6.45) is 2.06. The lowest BCUT2D eigenvalue weighted by Crippen LogP contribution is -2.41. The van der Waals surface area contributed by atoms with E-state index in [1.165, 1.54) is 0 Å². The average molecular weight is 298 g/mol. The van der Waals surface area contributed by atoms with E-state index in [9.17, 15) is 0 Å². The Bertz CT molecular complexity index is 584. The van der Waals surface area contributed by atoms with Gasteiger partial charge in [0.1, 0.15) is 0 Å². The Morgan fingerprint density at radius 1 is 1.18 bits per heavy atom. The van der Waals surface area contributed by atoms with Crippen molar-refractivity contribution in [2.75, 3.05) is 13.6 Å². The van der Waals surface area contributed by atoms with E-state index >= 15 is 0 Å². The molecule has 0 amide bonds. The molecule has 1 aromatic rings. The molecule has 5 heteroatoms. The first-order valence-electron chi connectivity index (χ1n) is 7.50. The molecule has 0 atom stereocenters. The number of nitrogens with zero attached hydrogens (tertiary/aromatic N) is 1. The van der Waals surface area contributed by atoms with Gasteiger partial charge in [0.15, 0.2) is 0 Å². The molecule has 0 bridgehead atoms. The molecular weight excluding hydrogens is 275 g/mol. The van der Waals surface area contributed by atoms with Gasteiger partial charge in [-0.2, -0.15) is 5.26 Å². The highest BCUT2D eigenvalue weighted by Gasteiger charge is 2.52. The van der Waals surface area contributed by atoms with Crippen molar-refractivity contribution in [1.82, 2.24) is 5.32 Å². The number of likely N-dealkylation sites (N-methyl/N-ethyl adjacent to an activating group) is 1. The van der Waals surface area contributed by atoms with Crippen molar-refractivity contribution in [3.05, 3.63) is 40.9 Å². The van der Waals surface area contributed by atoms with E-state index in [1.54, 1.807) is 0 Å². The van der Waals surface area contributed by atoms with E-state index in [0.29, 0.717) is 12.1 Å². The molecule has 0 saturated carbocycles. The molecule has 22 heavy (non-hydrogen) atoms. The van der Waals surface area contributed by atoms with Gasteiger partial charge < -0.3 is 14.6 Å². The number of rotatable bonds is 4. The van der Waals surface area contributed by atoms with Gasteiger partial charge in [0.05, 0.1) is 22.8 Å². The first kappa shape index (κ1) is 16.8. The molecule has 1 heterocycles. The summed E-state index contributed by atoms with van der Waals surface area (Å²) in [5.74, 6) is 0. The van der Waals surface area contributed by atoms with Crippen LogP contribution in [0.15, 0.2) is 29.7 Å². The van der Waals surface area contributed by atoms with Crippen LogP contribution in [0.25, 0.3) is 6.08 Å².